The fraction of sp³-hybridized carbons (Fsp3) is 0.462. The lowest BCUT2D eigenvalue weighted by atomic mass is 10.1. The van der Waals surface area contributed by atoms with E-state index in [0.29, 0.717) is 11.1 Å². The zero-order valence-electron chi connectivity index (χ0n) is 10.8. The molecule has 0 amide bonds. The van der Waals surface area contributed by atoms with E-state index in [2.05, 4.69) is 20.3 Å². The topological polar surface area (TPSA) is 29.4 Å². The van der Waals surface area contributed by atoms with Crippen molar-refractivity contribution < 1.29 is 13.0 Å². The van der Waals surface area contributed by atoms with Gasteiger partial charge in [0.05, 0.1) is 4.75 Å². The number of alkyl halides is 2. The molecule has 1 aromatic rings. The van der Waals surface area contributed by atoms with E-state index in [-0.39, 0.29) is 12.1 Å². The molecule has 104 valence electrons. The number of hydrogen-bond donors (Lipinski definition) is 0. The molecule has 2 nitrogen and oxygen atoms in total. The van der Waals surface area contributed by atoms with E-state index in [0.717, 1.165) is 4.47 Å². The van der Waals surface area contributed by atoms with Gasteiger partial charge in [0.1, 0.15) is 16.7 Å². The molecule has 0 radical (unpaired) electrons. The molecule has 0 aliphatic heterocycles. The fourth-order valence-electron chi connectivity index (χ4n) is 1.80. The molecule has 0 heterocycles. The van der Waals surface area contributed by atoms with Crippen LogP contribution in [-0.2, 0) is 17.4 Å². The molecule has 1 aliphatic carbocycles. The standard InChI is InChI=1S/C13H14BrF2NOS/c1-12(2,3)19(18)17-11-10-5-4-9(14)6-8(10)7-13(11,15)16/h4-6H,7H2,1-3H3/b17-11-. The van der Waals surface area contributed by atoms with Gasteiger partial charge in [0, 0.05) is 16.5 Å². The maximum absolute atomic E-state index is 14.0. The van der Waals surface area contributed by atoms with Crippen LogP contribution in [0.4, 0.5) is 8.78 Å². The Bertz CT molecular complexity index is 578. The van der Waals surface area contributed by atoms with Gasteiger partial charge in [-0.1, -0.05) is 22.0 Å². The van der Waals surface area contributed by atoms with Crippen molar-refractivity contribution in [2.24, 2.45) is 4.40 Å². The van der Waals surface area contributed by atoms with Gasteiger partial charge in [0.25, 0.3) is 5.92 Å². The van der Waals surface area contributed by atoms with Gasteiger partial charge in [-0.05, 0) is 38.5 Å². The van der Waals surface area contributed by atoms with Crippen molar-refractivity contribution in [3.63, 3.8) is 0 Å². The van der Waals surface area contributed by atoms with E-state index in [1.165, 1.54) is 0 Å². The molecule has 1 aliphatic rings. The molecule has 19 heavy (non-hydrogen) atoms. The Morgan fingerprint density at radius 2 is 2.00 bits per heavy atom. The minimum atomic E-state index is -3.05. The summed E-state index contributed by atoms with van der Waals surface area (Å²) in [5, 5.41) is 0. The van der Waals surface area contributed by atoms with Crippen molar-refractivity contribution in [1.29, 1.82) is 0 Å². The van der Waals surface area contributed by atoms with Crippen LogP contribution in [0.1, 0.15) is 31.9 Å². The third kappa shape index (κ3) is 2.94. The van der Waals surface area contributed by atoms with Crippen molar-refractivity contribution in [3.05, 3.63) is 33.8 Å². The lowest BCUT2D eigenvalue weighted by Crippen LogP contribution is -2.28. The van der Waals surface area contributed by atoms with E-state index in [1.54, 1.807) is 39.0 Å². The highest BCUT2D eigenvalue weighted by Crippen LogP contribution is 2.37. The Balaban J connectivity index is 2.52. The highest BCUT2D eigenvalue weighted by atomic mass is 79.9. The van der Waals surface area contributed by atoms with Gasteiger partial charge in [0.15, 0.2) is 0 Å². The van der Waals surface area contributed by atoms with Crippen molar-refractivity contribution in [3.8, 4) is 0 Å². The number of benzene rings is 1. The van der Waals surface area contributed by atoms with Crippen molar-refractivity contribution in [2.75, 3.05) is 0 Å². The van der Waals surface area contributed by atoms with Gasteiger partial charge in [-0.3, -0.25) is 0 Å². The molecule has 0 saturated heterocycles. The van der Waals surface area contributed by atoms with Crippen LogP contribution in [0.3, 0.4) is 0 Å². The summed E-state index contributed by atoms with van der Waals surface area (Å²) in [5.74, 6) is -3.05. The Labute approximate surface area is 122 Å². The first-order valence-electron chi connectivity index (χ1n) is 5.79. The molecule has 1 atom stereocenters. The first kappa shape index (κ1) is 14.8. The van der Waals surface area contributed by atoms with Crippen LogP contribution >= 0.6 is 15.9 Å². The molecule has 0 aromatic heterocycles. The zero-order valence-corrected chi connectivity index (χ0v) is 13.2. The Morgan fingerprint density at radius 1 is 1.37 bits per heavy atom. The summed E-state index contributed by atoms with van der Waals surface area (Å²) in [7, 11) is -1.69. The molecule has 0 fully saturated rings. The van der Waals surface area contributed by atoms with Crippen molar-refractivity contribution in [2.45, 2.75) is 37.9 Å². The fourth-order valence-corrected chi connectivity index (χ4v) is 2.88. The van der Waals surface area contributed by atoms with Gasteiger partial charge in [0.2, 0.25) is 0 Å². The highest BCUT2D eigenvalue weighted by molar-refractivity contribution is 9.10. The Morgan fingerprint density at radius 3 is 2.58 bits per heavy atom. The third-order valence-electron chi connectivity index (χ3n) is 2.78. The molecule has 1 unspecified atom stereocenters. The summed E-state index contributed by atoms with van der Waals surface area (Å²) >= 11 is 3.26. The van der Waals surface area contributed by atoms with Crippen LogP contribution in [0.15, 0.2) is 27.1 Å². The number of halogens is 3. The van der Waals surface area contributed by atoms with Crippen molar-refractivity contribution in [1.82, 2.24) is 0 Å². The van der Waals surface area contributed by atoms with E-state index in [4.69, 9.17) is 0 Å². The molecule has 0 N–H and O–H groups in total. The van der Waals surface area contributed by atoms with Crippen LogP contribution < -0.4 is 0 Å². The summed E-state index contributed by atoms with van der Waals surface area (Å²) in [4.78, 5) is 0. The maximum Gasteiger partial charge on any atom is 0.295 e. The molecule has 0 spiro atoms. The Hall–Kier alpha value is -0.620. The van der Waals surface area contributed by atoms with Crippen LogP contribution in [0.25, 0.3) is 0 Å². The largest absolute Gasteiger partial charge is 0.295 e. The lowest BCUT2D eigenvalue weighted by Gasteiger charge is -2.16. The van der Waals surface area contributed by atoms with Gasteiger partial charge in [-0.2, -0.15) is 13.2 Å². The van der Waals surface area contributed by atoms with Crippen LogP contribution in [0, 0.1) is 0 Å². The second kappa shape index (κ2) is 4.74. The van der Waals surface area contributed by atoms with E-state index in [9.17, 15) is 13.0 Å². The number of hydrogen-bond acceptors (Lipinski definition) is 1. The summed E-state index contributed by atoms with van der Waals surface area (Å²) in [5.41, 5.74) is 0.568. The van der Waals surface area contributed by atoms with Gasteiger partial charge in [-0.15, -0.1) is 0 Å². The lowest BCUT2D eigenvalue weighted by molar-refractivity contribution is 0.0853. The van der Waals surface area contributed by atoms with E-state index < -0.39 is 21.7 Å². The summed E-state index contributed by atoms with van der Waals surface area (Å²) < 4.78 is 43.9. The highest BCUT2D eigenvalue weighted by Gasteiger charge is 2.45. The minimum absolute atomic E-state index is 0.358. The molecular formula is C13H14BrF2NOS. The minimum Gasteiger partial charge on any atom is -0.234 e. The van der Waals surface area contributed by atoms with Gasteiger partial charge < -0.3 is 0 Å². The van der Waals surface area contributed by atoms with Gasteiger partial charge in [-0.25, -0.2) is 4.21 Å². The maximum atomic E-state index is 14.0. The van der Waals surface area contributed by atoms with Crippen LogP contribution in [-0.4, -0.2) is 20.6 Å². The quantitative estimate of drug-likeness (QED) is 0.756. The number of nitrogens with zero attached hydrogens (tertiary/aromatic N) is 1. The van der Waals surface area contributed by atoms with E-state index in [1.807, 2.05) is 0 Å². The van der Waals surface area contributed by atoms with Crippen LogP contribution in [0.2, 0.25) is 0 Å². The summed E-state index contributed by atoms with van der Waals surface area (Å²) in [6.45, 7) is 5.13. The monoisotopic (exact) mass is 349 g/mol. The molecule has 0 saturated carbocycles. The zero-order chi connectivity index (χ0) is 14.4. The third-order valence-corrected chi connectivity index (χ3v) is 4.67. The predicted octanol–water partition coefficient (Wildman–Crippen LogP) is 3.89. The normalized spacial score (nSPS) is 21.5. The molecule has 0 bridgehead atoms. The molecule has 2 rings (SSSR count). The average Bonchev–Trinajstić information content (AvgIpc) is 2.47. The summed E-state index contributed by atoms with van der Waals surface area (Å²) in [6, 6.07) is 4.94. The smallest absolute Gasteiger partial charge is 0.234 e. The first-order chi connectivity index (χ1) is 8.61. The average molecular weight is 350 g/mol. The molecular weight excluding hydrogens is 336 g/mol. The van der Waals surface area contributed by atoms with E-state index >= 15 is 0 Å². The summed E-state index contributed by atoms with van der Waals surface area (Å²) in [6.07, 6.45) is -0.387. The predicted molar refractivity (Wildman–Crippen MR) is 77.2 cm³/mol. The van der Waals surface area contributed by atoms with Crippen LogP contribution in [0.5, 0.6) is 0 Å². The number of fused-ring (bicyclic) bond motifs is 1. The Kier molecular flexibility index (Phi) is 3.68. The molecule has 1 aromatic carbocycles. The number of rotatable bonds is 1. The second-order valence-corrected chi connectivity index (χ2v) is 8.31. The SMILES string of the molecule is CC(C)(C)S(=O)/N=C1/c2ccc(Br)cc2CC1(F)F. The first-order valence-corrected chi connectivity index (χ1v) is 7.69. The van der Waals surface area contributed by atoms with Gasteiger partial charge >= 0.3 is 0 Å². The second-order valence-electron chi connectivity index (χ2n) is 5.48. The van der Waals surface area contributed by atoms with Crippen molar-refractivity contribution >= 4 is 32.6 Å². The molecule has 6 heteroatoms.